The number of aliphatic hydroxyl groups excluding tert-OH is 1. The average Bonchev–Trinajstić information content (AvgIpc) is 2.17. The highest BCUT2D eigenvalue weighted by molar-refractivity contribution is 5.77. The van der Waals surface area contributed by atoms with Crippen molar-refractivity contribution in [1.82, 2.24) is 4.90 Å². The summed E-state index contributed by atoms with van der Waals surface area (Å²) in [7, 11) is 0. The molecule has 0 aromatic heterocycles. The van der Waals surface area contributed by atoms with Crippen molar-refractivity contribution in [3.8, 4) is 0 Å². The topological polar surface area (TPSA) is 40.5 Å². The number of carbonyl (C=O) groups is 1. The molecule has 1 saturated heterocycles. The molecule has 0 radical (unpaired) electrons. The minimum absolute atomic E-state index is 0.0520. The molecule has 1 heterocycles. The minimum Gasteiger partial charge on any atom is -0.394 e. The van der Waals surface area contributed by atoms with E-state index in [-0.39, 0.29) is 24.0 Å². The monoisotopic (exact) mass is 199 g/mol. The van der Waals surface area contributed by atoms with Gasteiger partial charge in [0.1, 0.15) is 0 Å². The highest BCUT2D eigenvalue weighted by atomic mass is 16.3. The third-order valence-electron chi connectivity index (χ3n) is 3.50. The molecule has 3 nitrogen and oxygen atoms in total. The Balaban J connectivity index is 2.81. The van der Waals surface area contributed by atoms with Crippen LogP contribution in [-0.2, 0) is 4.79 Å². The predicted molar refractivity (Wildman–Crippen MR) is 55.9 cm³/mol. The van der Waals surface area contributed by atoms with Crippen molar-refractivity contribution in [2.75, 3.05) is 13.2 Å². The lowest BCUT2D eigenvalue weighted by atomic mass is 9.85. The van der Waals surface area contributed by atoms with Crippen LogP contribution in [0.4, 0.5) is 0 Å². The number of hydrogen-bond acceptors (Lipinski definition) is 2. The Morgan fingerprint density at radius 3 is 2.57 bits per heavy atom. The van der Waals surface area contributed by atoms with Gasteiger partial charge in [-0.05, 0) is 25.7 Å². The van der Waals surface area contributed by atoms with Crippen molar-refractivity contribution < 1.29 is 9.90 Å². The molecule has 3 heteroatoms. The molecule has 1 fully saturated rings. The van der Waals surface area contributed by atoms with Gasteiger partial charge in [-0.25, -0.2) is 0 Å². The summed E-state index contributed by atoms with van der Waals surface area (Å²) in [5, 5.41) is 9.43. The van der Waals surface area contributed by atoms with E-state index in [9.17, 15) is 9.90 Å². The zero-order valence-corrected chi connectivity index (χ0v) is 9.42. The summed E-state index contributed by atoms with van der Waals surface area (Å²) in [5.74, 6) is 0.482. The normalized spacial score (nSPS) is 22.6. The number of likely N-dealkylation sites (tertiary alicyclic amines) is 1. The van der Waals surface area contributed by atoms with Crippen LogP contribution in [0.1, 0.15) is 40.0 Å². The third-order valence-corrected chi connectivity index (χ3v) is 3.50. The van der Waals surface area contributed by atoms with Gasteiger partial charge in [-0.2, -0.15) is 0 Å². The van der Waals surface area contributed by atoms with E-state index in [2.05, 4.69) is 13.8 Å². The lowest BCUT2D eigenvalue weighted by molar-refractivity contribution is -0.144. The van der Waals surface area contributed by atoms with Crippen molar-refractivity contribution in [1.29, 1.82) is 0 Å². The fourth-order valence-corrected chi connectivity index (χ4v) is 1.93. The summed E-state index contributed by atoms with van der Waals surface area (Å²) in [6.45, 7) is 6.93. The van der Waals surface area contributed by atoms with E-state index >= 15 is 0 Å². The fraction of sp³-hybridized carbons (Fsp3) is 0.909. The zero-order valence-electron chi connectivity index (χ0n) is 9.42. The van der Waals surface area contributed by atoms with Crippen LogP contribution in [0, 0.1) is 5.92 Å². The fourth-order valence-electron chi connectivity index (χ4n) is 1.93. The van der Waals surface area contributed by atoms with Crippen LogP contribution in [-0.4, -0.2) is 34.6 Å². The number of carbonyl (C=O) groups excluding carboxylic acids is 1. The van der Waals surface area contributed by atoms with Crippen LogP contribution >= 0.6 is 0 Å². The number of rotatable bonds is 3. The lowest BCUT2D eigenvalue weighted by Crippen LogP contribution is -2.57. The first-order valence-corrected chi connectivity index (χ1v) is 5.43. The van der Waals surface area contributed by atoms with Gasteiger partial charge in [-0.1, -0.05) is 13.8 Å². The van der Waals surface area contributed by atoms with Crippen molar-refractivity contribution in [2.24, 2.45) is 5.92 Å². The Hall–Kier alpha value is -0.570. The summed E-state index contributed by atoms with van der Waals surface area (Å²) < 4.78 is 0. The highest BCUT2D eigenvalue weighted by Gasteiger charge is 2.38. The molecular formula is C11H21NO2. The van der Waals surface area contributed by atoms with E-state index in [0.717, 1.165) is 19.4 Å². The van der Waals surface area contributed by atoms with E-state index in [1.165, 1.54) is 0 Å². The summed E-state index contributed by atoms with van der Waals surface area (Å²) in [6.07, 6.45) is 2.70. The van der Waals surface area contributed by atoms with Crippen molar-refractivity contribution in [3.63, 3.8) is 0 Å². The smallest absolute Gasteiger partial charge is 0.223 e. The van der Waals surface area contributed by atoms with Crippen LogP contribution in [0.3, 0.4) is 0 Å². The molecule has 1 N–H and O–H groups in total. The Morgan fingerprint density at radius 1 is 1.50 bits per heavy atom. The first-order chi connectivity index (χ1) is 6.52. The molecule has 1 atom stereocenters. The van der Waals surface area contributed by atoms with Gasteiger partial charge in [0, 0.05) is 13.0 Å². The summed E-state index contributed by atoms with van der Waals surface area (Å²) in [5.41, 5.74) is -0.377. The second-order valence-electron chi connectivity index (χ2n) is 4.67. The number of amides is 1. The predicted octanol–water partition coefficient (Wildman–Crippen LogP) is 1.41. The summed E-state index contributed by atoms with van der Waals surface area (Å²) in [4.78, 5) is 13.6. The number of piperidine rings is 1. The minimum atomic E-state index is -0.377. The van der Waals surface area contributed by atoms with Crippen LogP contribution < -0.4 is 0 Å². The first kappa shape index (κ1) is 11.5. The summed E-state index contributed by atoms with van der Waals surface area (Å²) >= 11 is 0. The number of hydrogen-bond donors (Lipinski definition) is 1. The standard InChI is InChI=1S/C11H21NO2/c1-9(2)11(3,8-13)12-7-5-4-6-10(12)14/h9,13H,4-8H2,1-3H3. The maximum Gasteiger partial charge on any atom is 0.223 e. The SMILES string of the molecule is CC(C)C(C)(CO)N1CCCCC1=O. The molecule has 1 aliphatic rings. The van der Waals surface area contributed by atoms with Gasteiger partial charge in [0.15, 0.2) is 0 Å². The Morgan fingerprint density at radius 2 is 2.14 bits per heavy atom. The molecule has 0 aliphatic carbocycles. The van der Waals surface area contributed by atoms with Crippen molar-refractivity contribution in [3.05, 3.63) is 0 Å². The Kier molecular flexibility index (Phi) is 3.53. The van der Waals surface area contributed by atoms with Gasteiger partial charge in [-0.3, -0.25) is 4.79 Å². The molecule has 82 valence electrons. The van der Waals surface area contributed by atoms with Crippen LogP contribution in [0.15, 0.2) is 0 Å². The van der Waals surface area contributed by atoms with Gasteiger partial charge in [0.05, 0.1) is 12.1 Å². The molecular weight excluding hydrogens is 178 g/mol. The number of aliphatic hydroxyl groups is 1. The summed E-state index contributed by atoms with van der Waals surface area (Å²) in [6, 6.07) is 0. The van der Waals surface area contributed by atoms with Crippen LogP contribution in [0.2, 0.25) is 0 Å². The van der Waals surface area contributed by atoms with Gasteiger partial charge >= 0.3 is 0 Å². The van der Waals surface area contributed by atoms with E-state index < -0.39 is 0 Å². The molecule has 0 saturated carbocycles. The lowest BCUT2D eigenvalue weighted by Gasteiger charge is -2.45. The zero-order chi connectivity index (χ0) is 10.8. The van der Waals surface area contributed by atoms with Crippen LogP contribution in [0.5, 0.6) is 0 Å². The average molecular weight is 199 g/mol. The molecule has 0 bridgehead atoms. The largest absolute Gasteiger partial charge is 0.394 e. The Bertz CT molecular complexity index is 215. The molecule has 1 unspecified atom stereocenters. The van der Waals surface area contributed by atoms with E-state index in [1.807, 2.05) is 11.8 Å². The van der Waals surface area contributed by atoms with Gasteiger partial charge < -0.3 is 10.0 Å². The molecule has 1 aliphatic heterocycles. The molecule has 0 spiro atoms. The first-order valence-electron chi connectivity index (χ1n) is 5.43. The molecule has 1 amide bonds. The van der Waals surface area contributed by atoms with E-state index in [0.29, 0.717) is 6.42 Å². The van der Waals surface area contributed by atoms with E-state index in [1.54, 1.807) is 0 Å². The Labute approximate surface area is 86.1 Å². The maximum absolute atomic E-state index is 11.7. The molecule has 0 aromatic carbocycles. The van der Waals surface area contributed by atoms with Gasteiger partial charge in [-0.15, -0.1) is 0 Å². The van der Waals surface area contributed by atoms with Crippen molar-refractivity contribution >= 4 is 5.91 Å². The second-order valence-corrected chi connectivity index (χ2v) is 4.67. The molecule has 1 rings (SSSR count). The third kappa shape index (κ3) is 1.92. The highest BCUT2D eigenvalue weighted by Crippen LogP contribution is 2.28. The van der Waals surface area contributed by atoms with Crippen LogP contribution in [0.25, 0.3) is 0 Å². The molecule has 0 aromatic rings. The number of nitrogens with zero attached hydrogens (tertiary/aromatic N) is 1. The van der Waals surface area contributed by atoms with Gasteiger partial charge in [0.2, 0.25) is 5.91 Å². The van der Waals surface area contributed by atoms with E-state index in [4.69, 9.17) is 0 Å². The second kappa shape index (κ2) is 4.30. The molecule has 14 heavy (non-hydrogen) atoms. The quantitative estimate of drug-likeness (QED) is 0.746. The van der Waals surface area contributed by atoms with Gasteiger partial charge in [0.25, 0.3) is 0 Å². The van der Waals surface area contributed by atoms with Crippen molar-refractivity contribution in [2.45, 2.75) is 45.6 Å². The maximum atomic E-state index is 11.7.